The highest BCUT2D eigenvalue weighted by atomic mass is 32.2. The van der Waals surface area contributed by atoms with Gasteiger partial charge in [-0.3, -0.25) is 4.79 Å². The van der Waals surface area contributed by atoms with E-state index in [1.54, 1.807) is 11.8 Å². The predicted octanol–water partition coefficient (Wildman–Crippen LogP) is 3.31. The minimum atomic E-state index is -0.595. The van der Waals surface area contributed by atoms with Gasteiger partial charge in [0.05, 0.1) is 0 Å². The summed E-state index contributed by atoms with van der Waals surface area (Å²) in [5.74, 6) is -0.595. The monoisotopic (exact) mass is 216 g/mol. The summed E-state index contributed by atoms with van der Waals surface area (Å²) in [7, 11) is 0. The summed E-state index contributed by atoms with van der Waals surface area (Å²) in [6.45, 7) is 4.25. The van der Waals surface area contributed by atoms with Crippen LogP contribution in [0.5, 0.6) is 0 Å². The molecule has 2 nitrogen and oxygen atoms in total. The first-order chi connectivity index (χ1) is 6.60. The normalized spacial score (nSPS) is 23.0. The molecule has 0 aromatic rings. The maximum atomic E-state index is 11.3. The van der Waals surface area contributed by atoms with E-state index in [-0.39, 0.29) is 0 Å². The minimum Gasteiger partial charge on any atom is -0.480 e. The van der Waals surface area contributed by atoms with Crippen LogP contribution in [0.1, 0.15) is 52.4 Å². The van der Waals surface area contributed by atoms with Gasteiger partial charge in [-0.1, -0.05) is 33.1 Å². The third-order valence-electron chi connectivity index (χ3n) is 3.05. The van der Waals surface area contributed by atoms with E-state index in [9.17, 15) is 9.90 Å². The number of rotatable bonds is 4. The molecule has 1 atom stereocenters. The Morgan fingerprint density at radius 3 is 2.43 bits per heavy atom. The van der Waals surface area contributed by atoms with Crippen LogP contribution in [0.2, 0.25) is 0 Å². The lowest BCUT2D eigenvalue weighted by molar-refractivity contribution is -0.140. The van der Waals surface area contributed by atoms with Gasteiger partial charge >= 0.3 is 5.97 Å². The third-order valence-corrected chi connectivity index (χ3v) is 4.82. The van der Waals surface area contributed by atoms with Crippen molar-refractivity contribution >= 4 is 17.7 Å². The molecule has 0 heterocycles. The van der Waals surface area contributed by atoms with E-state index < -0.39 is 10.7 Å². The lowest BCUT2D eigenvalue weighted by atomic mass is 9.88. The van der Waals surface area contributed by atoms with Gasteiger partial charge in [0.1, 0.15) is 4.75 Å². The van der Waals surface area contributed by atoms with Gasteiger partial charge in [0.2, 0.25) is 0 Å². The lowest BCUT2D eigenvalue weighted by Crippen LogP contribution is -2.38. The van der Waals surface area contributed by atoms with Crippen LogP contribution in [0.25, 0.3) is 0 Å². The Labute approximate surface area is 90.5 Å². The number of hydrogen-bond donors (Lipinski definition) is 1. The molecule has 1 aliphatic rings. The average Bonchev–Trinajstić information content (AvgIpc) is 2.19. The van der Waals surface area contributed by atoms with Crippen LogP contribution < -0.4 is 0 Å². The summed E-state index contributed by atoms with van der Waals surface area (Å²) in [5, 5.41) is 9.77. The van der Waals surface area contributed by atoms with Crippen molar-refractivity contribution in [2.24, 2.45) is 0 Å². The first kappa shape index (κ1) is 11.9. The van der Waals surface area contributed by atoms with Gasteiger partial charge < -0.3 is 5.11 Å². The highest BCUT2D eigenvalue weighted by Crippen LogP contribution is 2.42. The van der Waals surface area contributed by atoms with Crippen LogP contribution in [-0.4, -0.2) is 21.1 Å². The molecule has 0 amide bonds. The Morgan fingerprint density at radius 1 is 1.43 bits per heavy atom. The summed E-state index contributed by atoms with van der Waals surface area (Å²) in [5.41, 5.74) is 0. The zero-order valence-corrected chi connectivity index (χ0v) is 9.90. The Morgan fingerprint density at radius 2 is 2.00 bits per heavy atom. The van der Waals surface area contributed by atoms with E-state index in [2.05, 4.69) is 13.8 Å². The minimum absolute atomic E-state index is 0.462. The smallest absolute Gasteiger partial charge is 0.319 e. The summed E-state index contributed by atoms with van der Waals surface area (Å²) >= 11 is 1.68. The molecule has 1 unspecified atom stereocenters. The average molecular weight is 216 g/mol. The van der Waals surface area contributed by atoms with Gasteiger partial charge in [0, 0.05) is 5.25 Å². The second-order valence-electron chi connectivity index (χ2n) is 4.20. The SMILES string of the molecule is CCC(C)SC1(C(=O)O)CCCCC1. The van der Waals surface area contributed by atoms with E-state index in [4.69, 9.17) is 0 Å². The Balaban J connectivity index is 2.65. The van der Waals surface area contributed by atoms with Crippen molar-refractivity contribution in [3.05, 3.63) is 0 Å². The van der Waals surface area contributed by atoms with Crippen LogP contribution in [0.3, 0.4) is 0 Å². The molecule has 0 spiro atoms. The molecule has 0 aromatic carbocycles. The largest absolute Gasteiger partial charge is 0.480 e. The Bertz CT molecular complexity index is 197. The molecular weight excluding hydrogens is 196 g/mol. The Kier molecular flexibility index (Phi) is 4.30. The van der Waals surface area contributed by atoms with E-state index >= 15 is 0 Å². The van der Waals surface area contributed by atoms with Gasteiger partial charge in [-0.25, -0.2) is 0 Å². The molecule has 14 heavy (non-hydrogen) atoms. The maximum absolute atomic E-state index is 11.3. The van der Waals surface area contributed by atoms with Gasteiger partial charge in [0.25, 0.3) is 0 Å². The second-order valence-corrected chi connectivity index (χ2v) is 6.02. The molecule has 1 N–H and O–H groups in total. The standard InChI is InChI=1S/C11H20O2S/c1-3-9(2)14-11(10(12)13)7-5-4-6-8-11/h9H,3-8H2,1-2H3,(H,12,13). The number of carboxylic acid groups (broad SMARTS) is 1. The first-order valence-electron chi connectivity index (χ1n) is 5.52. The predicted molar refractivity (Wildman–Crippen MR) is 60.8 cm³/mol. The van der Waals surface area contributed by atoms with Gasteiger partial charge in [-0.15, -0.1) is 11.8 Å². The number of carbonyl (C=O) groups is 1. The summed E-state index contributed by atoms with van der Waals surface area (Å²) in [4.78, 5) is 11.3. The third kappa shape index (κ3) is 2.66. The molecule has 1 saturated carbocycles. The summed E-state index contributed by atoms with van der Waals surface area (Å²) < 4.78 is -0.465. The Hall–Kier alpha value is -0.180. The molecule has 1 rings (SSSR count). The topological polar surface area (TPSA) is 37.3 Å². The first-order valence-corrected chi connectivity index (χ1v) is 6.40. The van der Waals surface area contributed by atoms with Crippen molar-refractivity contribution < 1.29 is 9.90 Å². The van der Waals surface area contributed by atoms with Crippen molar-refractivity contribution in [1.29, 1.82) is 0 Å². The summed E-state index contributed by atoms with van der Waals surface area (Å²) in [6.07, 6.45) is 6.13. The fourth-order valence-electron chi connectivity index (χ4n) is 1.97. The van der Waals surface area contributed by atoms with Crippen LogP contribution in [-0.2, 0) is 4.79 Å². The summed E-state index contributed by atoms with van der Waals surface area (Å²) in [6, 6.07) is 0. The molecule has 1 aliphatic carbocycles. The van der Waals surface area contributed by atoms with Crippen LogP contribution in [0, 0.1) is 0 Å². The van der Waals surface area contributed by atoms with Crippen molar-refractivity contribution in [2.45, 2.75) is 62.4 Å². The molecule has 0 radical (unpaired) electrons. The number of thioether (sulfide) groups is 1. The number of hydrogen-bond acceptors (Lipinski definition) is 2. The number of aliphatic carboxylic acids is 1. The zero-order chi connectivity index (χ0) is 10.6. The molecule has 3 heteroatoms. The van der Waals surface area contributed by atoms with Crippen LogP contribution in [0.15, 0.2) is 0 Å². The van der Waals surface area contributed by atoms with Crippen molar-refractivity contribution in [2.75, 3.05) is 0 Å². The molecule has 1 fully saturated rings. The van der Waals surface area contributed by atoms with Gasteiger partial charge in [0.15, 0.2) is 0 Å². The highest BCUT2D eigenvalue weighted by molar-refractivity contribution is 8.02. The van der Waals surface area contributed by atoms with E-state index in [1.807, 2.05) is 0 Å². The van der Waals surface area contributed by atoms with Crippen LogP contribution >= 0.6 is 11.8 Å². The van der Waals surface area contributed by atoms with Crippen molar-refractivity contribution in [3.63, 3.8) is 0 Å². The lowest BCUT2D eigenvalue weighted by Gasteiger charge is -2.34. The van der Waals surface area contributed by atoms with E-state index in [0.29, 0.717) is 5.25 Å². The van der Waals surface area contributed by atoms with Crippen LogP contribution in [0.4, 0.5) is 0 Å². The quantitative estimate of drug-likeness (QED) is 0.783. The number of carboxylic acids is 1. The van der Waals surface area contributed by atoms with E-state index in [1.165, 1.54) is 6.42 Å². The maximum Gasteiger partial charge on any atom is 0.319 e. The molecular formula is C11H20O2S. The zero-order valence-electron chi connectivity index (χ0n) is 9.08. The molecule has 0 saturated heterocycles. The fraction of sp³-hybridized carbons (Fsp3) is 0.909. The molecule has 0 aromatic heterocycles. The molecule has 0 aliphatic heterocycles. The second kappa shape index (κ2) is 5.06. The van der Waals surface area contributed by atoms with Crippen molar-refractivity contribution in [3.8, 4) is 0 Å². The fourth-order valence-corrected chi connectivity index (χ4v) is 3.54. The van der Waals surface area contributed by atoms with Gasteiger partial charge in [-0.05, 0) is 19.3 Å². The van der Waals surface area contributed by atoms with Crippen molar-refractivity contribution in [1.82, 2.24) is 0 Å². The molecule has 0 bridgehead atoms. The van der Waals surface area contributed by atoms with Gasteiger partial charge in [-0.2, -0.15) is 0 Å². The van der Waals surface area contributed by atoms with E-state index in [0.717, 1.165) is 32.1 Å². The molecule has 82 valence electrons. The highest BCUT2D eigenvalue weighted by Gasteiger charge is 2.41.